The first-order chi connectivity index (χ1) is 29.8. The van der Waals surface area contributed by atoms with Crippen LogP contribution in [0.1, 0.15) is 361 Å². The Hall–Kier alpha value is -0.530. The van der Waals surface area contributed by atoms with Gasteiger partial charge in [-0.2, -0.15) is 0 Å². The number of hydrogen-bond acceptors (Lipinski definition) is 2. The molecular formula is C58H116O2. The molecule has 0 amide bonds. The van der Waals surface area contributed by atoms with E-state index in [4.69, 9.17) is 4.74 Å². The van der Waals surface area contributed by atoms with Crippen molar-refractivity contribution in [1.29, 1.82) is 0 Å². The van der Waals surface area contributed by atoms with E-state index in [2.05, 4.69) is 13.8 Å². The molecule has 0 aliphatic carbocycles. The number of carbonyl (C=O) groups is 1. The molecule has 0 spiro atoms. The number of hydrogen-bond donors (Lipinski definition) is 0. The molecule has 0 aromatic rings. The highest BCUT2D eigenvalue weighted by Crippen LogP contribution is 2.18. The number of ether oxygens (including phenoxy) is 1. The van der Waals surface area contributed by atoms with Crippen LogP contribution >= 0.6 is 0 Å². The van der Waals surface area contributed by atoms with Crippen LogP contribution < -0.4 is 0 Å². The summed E-state index contributed by atoms with van der Waals surface area (Å²) in [6.45, 7) is 5.25. The van der Waals surface area contributed by atoms with Crippen molar-refractivity contribution in [2.75, 3.05) is 6.61 Å². The average Bonchev–Trinajstić information content (AvgIpc) is 3.25. The number of carbonyl (C=O) groups excluding carboxylic acids is 1. The second-order valence-electron chi connectivity index (χ2n) is 20.0. The van der Waals surface area contributed by atoms with Gasteiger partial charge in [-0.1, -0.05) is 341 Å². The number of esters is 1. The summed E-state index contributed by atoms with van der Waals surface area (Å²) in [5, 5.41) is 0. The van der Waals surface area contributed by atoms with Crippen LogP contribution in [0.25, 0.3) is 0 Å². The highest BCUT2D eigenvalue weighted by molar-refractivity contribution is 5.69. The van der Waals surface area contributed by atoms with E-state index in [0.29, 0.717) is 13.0 Å². The Labute approximate surface area is 381 Å². The molecule has 0 rings (SSSR count). The minimum atomic E-state index is 0.0363. The van der Waals surface area contributed by atoms with Gasteiger partial charge < -0.3 is 4.74 Å². The Kier molecular flexibility index (Phi) is 56.0. The molecule has 0 aromatic heterocycles. The molecule has 0 N–H and O–H groups in total. The molecular weight excluding hydrogens is 729 g/mol. The number of rotatable bonds is 55. The maximum Gasteiger partial charge on any atom is 0.305 e. The predicted molar refractivity (Wildman–Crippen MR) is 272 cm³/mol. The molecule has 0 aliphatic rings. The van der Waals surface area contributed by atoms with Crippen molar-refractivity contribution in [1.82, 2.24) is 0 Å². The quantitative estimate of drug-likeness (QED) is 0.0450. The summed E-state index contributed by atoms with van der Waals surface area (Å²) in [6.07, 6.45) is 75.8. The van der Waals surface area contributed by atoms with Crippen molar-refractivity contribution in [3.63, 3.8) is 0 Å². The molecule has 0 saturated heterocycles. The summed E-state index contributed by atoms with van der Waals surface area (Å²) in [7, 11) is 0. The van der Waals surface area contributed by atoms with Crippen LogP contribution in [0.3, 0.4) is 0 Å². The highest BCUT2D eigenvalue weighted by Gasteiger charge is 2.03. The van der Waals surface area contributed by atoms with Crippen molar-refractivity contribution in [3.8, 4) is 0 Å². The van der Waals surface area contributed by atoms with Crippen molar-refractivity contribution in [3.05, 3.63) is 0 Å². The zero-order valence-corrected chi connectivity index (χ0v) is 42.2. The summed E-state index contributed by atoms with van der Waals surface area (Å²) in [4.78, 5) is 12.1. The topological polar surface area (TPSA) is 26.3 Å². The van der Waals surface area contributed by atoms with Crippen molar-refractivity contribution >= 4 is 5.97 Å². The second kappa shape index (κ2) is 56.5. The molecule has 0 bridgehead atoms. The highest BCUT2D eigenvalue weighted by atomic mass is 16.5. The summed E-state index contributed by atoms with van der Waals surface area (Å²) in [6, 6.07) is 0. The lowest BCUT2D eigenvalue weighted by Crippen LogP contribution is -2.05. The number of unbranched alkanes of at least 4 members (excludes halogenated alkanes) is 51. The lowest BCUT2D eigenvalue weighted by atomic mass is 10.0. The molecule has 0 aromatic carbocycles. The van der Waals surface area contributed by atoms with Crippen LogP contribution in [0.15, 0.2) is 0 Å². The van der Waals surface area contributed by atoms with Crippen LogP contribution in [0, 0.1) is 0 Å². The third-order valence-electron chi connectivity index (χ3n) is 13.7. The van der Waals surface area contributed by atoms with Gasteiger partial charge in [0.05, 0.1) is 6.61 Å². The summed E-state index contributed by atoms with van der Waals surface area (Å²) >= 11 is 0. The monoisotopic (exact) mass is 845 g/mol. The third-order valence-corrected chi connectivity index (χ3v) is 13.7. The molecule has 60 heavy (non-hydrogen) atoms. The van der Waals surface area contributed by atoms with Gasteiger partial charge in [0.25, 0.3) is 0 Å². The molecule has 0 saturated carbocycles. The lowest BCUT2D eigenvalue weighted by Gasteiger charge is -2.06. The van der Waals surface area contributed by atoms with E-state index in [1.54, 1.807) is 0 Å². The zero-order valence-electron chi connectivity index (χ0n) is 42.2. The van der Waals surface area contributed by atoms with Crippen LogP contribution in [0.5, 0.6) is 0 Å². The molecule has 360 valence electrons. The van der Waals surface area contributed by atoms with Gasteiger partial charge in [-0.3, -0.25) is 4.79 Å². The van der Waals surface area contributed by atoms with Crippen LogP contribution in [0.2, 0.25) is 0 Å². The Morgan fingerprint density at radius 2 is 0.367 bits per heavy atom. The fourth-order valence-electron chi connectivity index (χ4n) is 9.44. The van der Waals surface area contributed by atoms with Gasteiger partial charge in [0.15, 0.2) is 0 Å². The molecule has 2 heteroatoms. The molecule has 2 nitrogen and oxygen atoms in total. The first-order valence-corrected chi connectivity index (χ1v) is 29.0. The Bertz CT molecular complexity index is 687. The first kappa shape index (κ1) is 59.5. The molecule has 0 heterocycles. The fraction of sp³-hybridized carbons (Fsp3) is 0.983. The lowest BCUT2D eigenvalue weighted by molar-refractivity contribution is -0.143. The van der Waals surface area contributed by atoms with Crippen LogP contribution in [0.4, 0.5) is 0 Å². The standard InChI is InChI=1S/C58H116O2/c1-3-5-7-9-11-13-15-17-19-21-23-25-27-29-31-32-34-36-38-40-42-44-46-48-50-52-54-56-58(59)60-57-55-53-51-49-47-45-43-41-39-37-35-33-30-28-26-24-22-20-18-16-14-12-10-8-6-4-2/h3-57H2,1-2H3. The van der Waals surface area contributed by atoms with E-state index in [-0.39, 0.29) is 5.97 Å². The SMILES string of the molecule is CCCCCCCCCCCCCCCCCCCCCCCCCCCCCC(=O)OCCCCCCCCCCCCCCCCCCCCCCCCCCCC. The van der Waals surface area contributed by atoms with Gasteiger partial charge in [-0.25, -0.2) is 0 Å². The Morgan fingerprint density at radius 1 is 0.217 bits per heavy atom. The molecule has 0 radical (unpaired) electrons. The van der Waals surface area contributed by atoms with E-state index in [1.165, 1.54) is 327 Å². The largest absolute Gasteiger partial charge is 0.466 e. The molecule has 0 fully saturated rings. The summed E-state index contributed by atoms with van der Waals surface area (Å²) < 4.78 is 5.52. The minimum absolute atomic E-state index is 0.0363. The molecule has 0 aliphatic heterocycles. The Balaban J connectivity index is 3.14. The van der Waals surface area contributed by atoms with Gasteiger partial charge in [-0.15, -0.1) is 0 Å². The van der Waals surface area contributed by atoms with Crippen molar-refractivity contribution in [2.24, 2.45) is 0 Å². The van der Waals surface area contributed by atoms with E-state index >= 15 is 0 Å². The van der Waals surface area contributed by atoms with Gasteiger partial charge in [0.1, 0.15) is 0 Å². The molecule has 0 unspecified atom stereocenters. The van der Waals surface area contributed by atoms with E-state index in [0.717, 1.165) is 12.8 Å². The minimum Gasteiger partial charge on any atom is -0.466 e. The van der Waals surface area contributed by atoms with Crippen molar-refractivity contribution < 1.29 is 9.53 Å². The van der Waals surface area contributed by atoms with Crippen LogP contribution in [-0.4, -0.2) is 12.6 Å². The normalized spacial score (nSPS) is 11.6. The maximum atomic E-state index is 12.1. The van der Waals surface area contributed by atoms with E-state index in [9.17, 15) is 4.79 Å². The zero-order chi connectivity index (χ0) is 43.2. The van der Waals surface area contributed by atoms with Gasteiger partial charge >= 0.3 is 5.97 Å². The maximum absolute atomic E-state index is 12.1. The first-order valence-electron chi connectivity index (χ1n) is 29.0. The van der Waals surface area contributed by atoms with E-state index < -0.39 is 0 Å². The predicted octanol–water partition coefficient (Wildman–Crippen LogP) is 21.6. The van der Waals surface area contributed by atoms with E-state index in [1.807, 2.05) is 0 Å². The van der Waals surface area contributed by atoms with Crippen molar-refractivity contribution in [2.45, 2.75) is 361 Å². The van der Waals surface area contributed by atoms with Gasteiger partial charge in [-0.05, 0) is 12.8 Å². The second-order valence-corrected chi connectivity index (χ2v) is 20.0. The molecule has 0 atom stereocenters. The fourth-order valence-corrected chi connectivity index (χ4v) is 9.44. The van der Waals surface area contributed by atoms with Gasteiger partial charge in [0, 0.05) is 6.42 Å². The Morgan fingerprint density at radius 3 is 0.550 bits per heavy atom. The average molecular weight is 846 g/mol. The smallest absolute Gasteiger partial charge is 0.305 e. The van der Waals surface area contributed by atoms with Crippen LogP contribution in [-0.2, 0) is 9.53 Å². The summed E-state index contributed by atoms with van der Waals surface area (Å²) in [5.74, 6) is 0.0363. The third kappa shape index (κ3) is 55.5. The summed E-state index contributed by atoms with van der Waals surface area (Å²) in [5.41, 5.74) is 0. The van der Waals surface area contributed by atoms with Gasteiger partial charge in [0.2, 0.25) is 0 Å².